The number of sulfonamides is 1. The van der Waals surface area contributed by atoms with E-state index in [0.717, 1.165) is 11.0 Å². The van der Waals surface area contributed by atoms with E-state index in [9.17, 15) is 17.6 Å². The maximum Gasteiger partial charge on any atom is 0.258 e. The Hall–Kier alpha value is -3.91. The van der Waals surface area contributed by atoms with Gasteiger partial charge in [0.1, 0.15) is 5.75 Å². The molecule has 0 radical (unpaired) electrons. The summed E-state index contributed by atoms with van der Waals surface area (Å²) in [5, 5.41) is 2.08. The molecule has 0 aliphatic carbocycles. The number of fused-ring (bicyclic) bond motifs is 1. The number of hydrogen-bond acceptors (Lipinski definition) is 4. The molecule has 0 aliphatic heterocycles. The van der Waals surface area contributed by atoms with Gasteiger partial charge in [0.25, 0.3) is 15.6 Å². The molecular weight excluding hydrogens is 479 g/mol. The molecule has 186 valence electrons. The molecule has 0 saturated heterocycles. The van der Waals surface area contributed by atoms with Crippen molar-refractivity contribution in [3.05, 3.63) is 101 Å². The van der Waals surface area contributed by atoms with Crippen LogP contribution in [0.1, 0.15) is 18.9 Å². The first-order valence-electron chi connectivity index (χ1n) is 11.5. The van der Waals surface area contributed by atoms with Crippen molar-refractivity contribution >= 4 is 26.5 Å². The minimum atomic E-state index is -3.77. The molecule has 3 aromatic carbocycles. The summed E-state index contributed by atoms with van der Waals surface area (Å²) in [4.78, 5) is 12.8. The third-order valence-corrected chi connectivity index (χ3v) is 7.31. The van der Waals surface area contributed by atoms with Gasteiger partial charge in [0.2, 0.25) is 0 Å². The van der Waals surface area contributed by atoms with Crippen molar-refractivity contribution in [1.29, 1.82) is 0 Å². The van der Waals surface area contributed by atoms with E-state index < -0.39 is 15.8 Å². The second-order valence-corrected chi connectivity index (χ2v) is 10.3. The van der Waals surface area contributed by atoms with Crippen LogP contribution in [0.2, 0.25) is 0 Å². The van der Waals surface area contributed by atoms with Crippen molar-refractivity contribution in [2.24, 2.45) is 7.05 Å². The van der Waals surface area contributed by atoms with E-state index in [2.05, 4.69) is 6.58 Å². The largest absolute Gasteiger partial charge is 0.454 e. The van der Waals surface area contributed by atoms with Gasteiger partial charge < -0.3 is 9.30 Å². The highest BCUT2D eigenvalue weighted by Gasteiger charge is 2.22. The number of ether oxygens (including phenoxy) is 1. The SMILES string of the molecule is C=CS(=O)(=O)N(CCC)c1ccc(Oc2ccc(C)cc2F)c(-c2cn(C)c(=O)c3ccccc23)c1. The average Bonchev–Trinajstić information content (AvgIpc) is 2.86. The van der Waals surface area contributed by atoms with Crippen LogP contribution in [0.15, 0.2) is 83.6 Å². The summed E-state index contributed by atoms with van der Waals surface area (Å²) in [6.45, 7) is 7.37. The van der Waals surface area contributed by atoms with Crippen LogP contribution in [-0.4, -0.2) is 19.5 Å². The maximum absolute atomic E-state index is 14.7. The lowest BCUT2D eigenvalue weighted by atomic mass is 9.99. The monoisotopic (exact) mass is 506 g/mol. The molecule has 6 nitrogen and oxygen atoms in total. The maximum atomic E-state index is 14.7. The number of pyridine rings is 1. The first-order chi connectivity index (χ1) is 17.2. The molecule has 8 heteroatoms. The van der Waals surface area contributed by atoms with Crippen molar-refractivity contribution in [2.45, 2.75) is 20.3 Å². The van der Waals surface area contributed by atoms with Crippen LogP contribution in [-0.2, 0) is 17.1 Å². The number of anilines is 1. The first kappa shape index (κ1) is 25.2. The molecule has 0 fully saturated rings. The van der Waals surface area contributed by atoms with Gasteiger partial charge in [-0.15, -0.1) is 0 Å². The molecule has 4 rings (SSSR count). The summed E-state index contributed by atoms with van der Waals surface area (Å²) in [6.07, 6.45) is 2.26. The molecule has 0 unspecified atom stereocenters. The molecule has 0 atom stereocenters. The Morgan fingerprint density at radius 1 is 1.03 bits per heavy atom. The van der Waals surface area contributed by atoms with Crippen LogP contribution >= 0.6 is 0 Å². The van der Waals surface area contributed by atoms with E-state index >= 15 is 0 Å². The molecule has 0 spiro atoms. The third kappa shape index (κ3) is 4.77. The van der Waals surface area contributed by atoms with Gasteiger partial charge in [0, 0.05) is 41.7 Å². The highest BCUT2D eigenvalue weighted by molar-refractivity contribution is 7.95. The normalized spacial score (nSPS) is 11.4. The molecular formula is C28H27FN2O4S. The van der Waals surface area contributed by atoms with Gasteiger partial charge in [-0.2, -0.15) is 0 Å². The molecule has 4 aromatic rings. The van der Waals surface area contributed by atoms with Crippen molar-refractivity contribution in [1.82, 2.24) is 4.57 Å². The number of halogens is 1. The van der Waals surface area contributed by atoms with Crippen LogP contribution in [0, 0.1) is 12.7 Å². The first-order valence-corrected chi connectivity index (χ1v) is 13.0. The zero-order valence-electron chi connectivity index (χ0n) is 20.4. The van der Waals surface area contributed by atoms with Crippen molar-refractivity contribution in [2.75, 3.05) is 10.8 Å². The number of hydrogen-bond donors (Lipinski definition) is 0. The second kappa shape index (κ2) is 9.99. The fraction of sp³-hybridized carbons (Fsp3) is 0.179. The molecule has 0 aliphatic rings. The molecule has 0 saturated carbocycles. The summed E-state index contributed by atoms with van der Waals surface area (Å²) in [6, 6.07) is 16.7. The average molecular weight is 507 g/mol. The summed E-state index contributed by atoms with van der Waals surface area (Å²) in [5.41, 5.74) is 2.15. The molecule has 0 amide bonds. The van der Waals surface area contributed by atoms with Gasteiger partial charge in [-0.1, -0.05) is 37.8 Å². The molecule has 1 aromatic heterocycles. The summed E-state index contributed by atoms with van der Waals surface area (Å²) in [7, 11) is -2.13. The van der Waals surface area contributed by atoms with Crippen LogP contribution in [0.4, 0.5) is 10.1 Å². The lowest BCUT2D eigenvalue weighted by Gasteiger charge is -2.24. The Morgan fingerprint density at radius 3 is 2.39 bits per heavy atom. The summed E-state index contributed by atoms with van der Waals surface area (Å²) < 4.78 is 49.0. The van der Waals surface area contributed by atoms with E-state index in [1.807, 2.05) is 19.1 Å². The Kier molecular flexibility index (Phi) is 6.99. The molecule has 1 heterocycles. The van der Waals surface area contributed by atoms with E-state index in [4.69, 9.17) is 4.74 Å². The molecule has 0 N–H and O–H groups in total. The van der Waals surface area contributed by atoms with Crippen LogP contribution in [0.3, 0.4) is 0 Å². The summed E-state index contributed by atoms with van der Waals surface area (Å²) in [5.74, 6) is -0.164. The third-order valence-electron chi connectivity index (χ3n) is 5.88. The van der Waals surface area contributed by atoms with E-state index in [1.54, 1.807) is 62.6 Å². The van der Waals surface area contributed by atoms with Gasteiger partial charge in [0.05, 0.1) is 5.69 Å². The Labute approximate surface area is 209 Å². The number of aryl methyl sites for hydroxylation is 2. The predicted molar refractivity (Wildman–Crippen MR) is 143 cm³/mol. The van der Waals surface area contributed by atoms with E-state index in [0.29, 0.717) is 39.8 Å². The fourth-order valence-electron chi connectivity index (χ4n) is 4.11. The minimum Gasteiger partial charge on any atom is -0.454 e. The lowest BCUT2D eigenvalue weighted by Crippen LogP contribution is -2.29. The molecule has 36 heavy (non-hydrogen) atoms. The highest BCUT2D eigenvalue weighted by atomic mass is 32.2. The molecule has 0 bridgehead atoms. The standard InChI is InChI=1S/C28H27FN2O4S/c1-5-15-31(36(33,34)6-2)20-12-14-26(35-27-13-11-19(3)16-25(27)29)23(17-20)24-18-30(4)28(32)22-10-8-7-9-21(22)24/h6-14,16-18H,2,5,15H2,1,3-4H3. The fourth-order valence-corrected chi connectivity index (χ4v) is 5.13. The topological polar surface area (TPSA) is 68.6 Å². The van der Waals surface area contributed by atoms with Gasteiger partial charge in [0.15, 0.2) is 11.6 Å². The zero-order chi connectivity index (χ0) is 26.0. The van der Waals surface area contributed by atoms with Gasteiger partial charge in [-0.05, 0) is 60.7 Å². The zero-order valence-corrected chi connectivity index (χ0v) is 21.2. The van der Waals surface area contributed by atoms with E-state index in [1.165, 1.54) is 14.9 Å². The van der Waals surface area contributed by atoms with Crippen molar-refractivity contribution in [3.8, 4) is 22.6 Å². The van der Waals surface area contributed by atoms with Crippen molar-refractivity contribution < 1.29 is 17.5 Å². The number of benzene rings is 3. The number of aromatic nitrogens is 1. The van der Waals surface area contributed by atoms with Gasteiger partial charge in [-0.25, -0.2) is 12.8 Å². The van der Waals surface area contributed by atoms with Crippen molar-refractivity contribution in [3.63, 3.8) is 0 Å². The summed E-state index contributed by atoms with van der Waals surface area (Å²) >= 11 is 0. The quantitative estimate of drug-likeness (QED) is 0.288. The Balaban J connectivity index is 2.01. The minimum absolute atomic E-state index is 0.0350. The lowest BCUT2D eigenvalue weighted by molar-refractivity contribution is 0.443. The van der Waals surface area contributed by atoms with E-state index in [-0.39, 0.29) is 17.9 Å². The van der Waals surface area contributed by atoms with Gasteiger partial charge in [-0.3, -0.25) is 9.10 Å². The second-order valence-electron chi connectivity index (χ2n) is 8.50. The Morgan fingerprint density at radius 2 is 1.72 bits per heavy atom. The highest BCUT2D eigenvalue weighted by Crippen LogP contribution is 2.40. The van der Waals surface area contributed by atoms with Gasteiger partial charge >= 0.3 is 0 Å². The van der Waals surface area contributed by atoms with Crippen LogP contribution in [0.25, 0.3) is 21.9 Å². The Bertz CT molecular complexity index is 1630. The smallest absolute Gasteiger partial charge is 0.258 e. The predicted octanol–water partition coefficient (Wildman–Crippen LogP) is 6.14. The number of nitrogens with zero attached hydrogens (tertiary/aromatic N) is 2. The van der Waals surface area contributed by atoms with Crippen LogP contribution < -0.4 is 14.6 Å². The van der Waals surface area contributed by atoms with Crippen LogP contribution in [0.5, 0.6) is 11.5 Å². The number of rotatable bonds is 8.